The van der Waals surface area contributed by atoms with Crippen molar-refractivity contribution in [2.75, 3.05) is 5.73 Å². The summed E-state index contributed by atoms with van der Waals surface area (Å²) in [5.41, 5.74) is 8.50. The standard InChI is InChI=1S/C21H21FN2O/c22-15-9-10-18-19(12-15)21(25-17-7-2-1-3-8-17)24-13-20(18)14-5-4-6-16(23)11-14/h4-6,9-13,17H,1-3,7-8,23H2. The third-order valence-corrected chi connectivity index (χ3v) is 4.84. The van der Waals surface area contributed by atoms with Crippen LogP contribution in [0.25, 0.3) is 21.9 Å². The molecule has 0 saturated heterocycles. The highest BCUT2D eigenvalue weighted by atomic mass is 19.1. The van der Waals surface area contributed by atoms with Crippen molar-refractivity contribution in [3.8, 4) is 17.0 Å². The molecule has 1 aliphatic carbocycles. The van der Waals surface area contributed by atoms with E-state index in [1.165, 1.54) is 31.4 Å². The van der Waals surface area contributed by atoms with Crippen molar-refractivity contribution in [1.29, 1.82) is 0 Å². The van der Waals surface area contributed by atoms with Crippen LogP contribution in [-0.4, -0.2) is 11.1 Å². The molecule has 0 bridgehead atoms. The molecule has 3 nitrogen and oxygen atoms in total. The molecular weight excluding hydrogens is 315 g/mol. The van der Waals surface area contributed by atoms with Crippen molar-refractivity contribution in [1.82, 2.24) is 4.98 Å². The summed E-state index contributed by atoms with van der Waals surface area (Å²) in [5.74, 6) is 0.238. The van der Waals surface area contributed by atoms with E-state index in [-0.39, 0.29) is 11.9 Å². The number of nitrogens with zero attached hydrogens (tertiary/aromatic N) is 1. The van der Waals surface area contributed by atoms with Gasteiger partial charge in [-0.05, 0) is 60.9 Å². The fraction of sp³-hybridized carbons (Fsp3) is 0.286. The van der Waals surface area contributed by atoms with Gasteiger partial charge in [-0.1, -0.05) is 24.6 Å². The molecule has 2 aromatic carbocycles. The Bertz CT molecular complexity index is 904. The van der Waals surface area contributed by atoms with Crippen LogP contribution < -0.4 is 10.5 Å². The van der Waals surface area contributed by atoms with Crippen LogP contribution in [0.1, 0.15) is 32.1 Å². The number of anilines is 1. The van der Waals surface area contributed by atoms with Crippen molar-refractivity contribution in [3.63, 3.8) is 0 Å². The van der Waals surface area contributed by atoms with Gasteiger partial charge in [-0.15, -0.1) is 0 Å². The van der Waals surface area contributed by atoms with Gasteiger partial charge in [0.1, 0.15) is 11.9 Å². The number of pyridine rings is 1. The Balaban J connectivity index is 1.80. The molecule has 2 N–H and O–H groups in total. The number of hydrogen-bond acceptors (Lipinski definition) is 3. The summed E-state index contributed by atoms with van der Waals surface area (Å²) in [6.07, 6.45) is 7.66. The second kappa shape index (κ2) is 6.71. The van der Waals surface area contributed by atoms with Crippen LogP contribution >= 0.6 is 0 Å². The van der Waals surface area contributed by atoms with Gasteiger partial charge < -0.3 is 10.5 Å². The molecule has 0 aliphatic heterocycles. The molecule has 1 fully saturated rings. The van der Waals surface area contributed by atoms with Gasteiger partial charge in [0.15, 0.2) is 0 Å². The zero-order chi connectivity index (χ0) is 17.2. The van der Waals surface area contributed by atoms with Gasteiger partial charge in [0.2, 0.25) is 5.88 Å². The van der Waals surface area contributed by atoms with Gasteiger partial charge in [0, 0.05) is 22.8 Å². The minimum absolute atomic E-state index is 0.172. The van der Waals surface area contributed by atoms with Gasteiger partial charge in [0.25, 0.3) is 0 Å². The third kappa shape index (κ3) is 3.29. The van der Waals surface area contributed by atoms with Crippen LogP contribution in [0.2, 0.25) is 0 Å². The van der Waals surface area contributed by atoms with E-state index < -0.39 is 0 Å². The van der Waals surface area contributed by atoms with E-state index in [0.29, 0.717) is 17.0 Å². The van der Waals surface area contributed by atoms with Gasteiger partial charge in [-0.3, -0.25) is 0 Å². The maximum Gasteiger partial charge on any atom is 0.221 e. The zero-order valence-electron chi connectivity index (χ0n) is 14.0. The molecule has 4 heteroatoms. The van der Waals surface area contributed by atoms with Crippen LogP contribution in [-0.2, 0) is 0 Å². The average molecular weight is 336 g/mol. The molecule has 0 amide bonds. The number of hydrogen-bond donors (Lipinski definition) is 1. The average Bonchev–Trinajstić information content (AvgIpc) is 2.63. The predicted octanol–water partition coefficient (Wildman–Crippen LogP) is 5.33. The molecular formula is C21H21FN2O. The minimum atomic E-state index is -0.285. The summed E-state index contributed by atoms with van der Waals surface area (Å²) >= 11 is 0. The van der Waals surface area contributed by atoms with E-state index in [4.69, 9.17) is 10.5 Å². The van der Waals surface area contributed by atoms with Crippen molar-refractivity contribution in [2.45, 2.75) is 38.2 Å². The normalized spacial score (nSPS) is 15.4. The first-order valence-electron chi connectivity index (χ1n) is 8.81. The second-order valence-corrected chi connectivity index (χ2v) is 6.67. The summed E-state index contributed by atoms with van der Waals surface area (Å²) in [7, 11) is 0. The molecule has 0 spiro atoms. The van der Waals surface area contributed by atoms with Crippen LogP contribution in [0.5, 0.6) is 5.88 Å². The quantitative estimate of drug-likeness (QED) is 0.657. The largest absolute Gasteiger partial charge is 0.474 e. The Morgan fingerprint density at radius 2 is 1.84 bits per heavy atom. The topological polar surface area (TPSA) is 48.1 Å². The van der Waals surface area contributed by atoms with E-state index in [0.717, 1.165) is 29.4 Å². The van der Waals surface area contributed by atoms with Gasteiger partial charge in [0.05, 0.1) is 0 Å². The summed E-state index contributed by atoms with van der Waals surface area (Å²) in [6.45, 7) is 0. The summed E-state index contributed by atoms with van der Waals surface area (Å²) < 4.78 is 20.0. The van der Waals surface area contributed by atoms with Crippen molar-refractivity contribution in [3.05, 3.63) is 54.5 Å². The van der Waals surface area contributed by atoms with Crippen LogP contribution in [0.15, 0.2) is 48.7 Å². The number of benzene rings is 2. The highest BCUT2D eigenvalue weighted by Gasteiger charge is 2.18. The molecule has 1 aliphatic rings. The Kier molecular flexibility index (Phi) is 4.26. The van der Waals surface area contributed by atoms with E-state index in [1.54, 1.807) is 12.3 Å². The fourth-order valence-corrected chi connectivity index (χ4v) is 3.56. The Morgan fingerprint density at radius 3 is 2.64 bits per heavy atom. The number of nitrogen functional groups attached to an aromatic ring is 1. The second-order valence-electron chi connectivity index (χ2n) is 6.67. The molecule has 25 heavy (non-hydrogen) atoms. The van der Waals surface area contributed by atoms with E-state index in [1.807, 2.05) is 24.3 Å². The number of nitrogens with two attached hydrogens (primary N) is 1. The molecule has 1 aromatic heterocycles. The molecule has 1 saturated carbocycles. The molecule has 4 rings (SSSR count). The Labute approximate surface area is 146 Å². The smallest absolute Gasteiger partial charge is 0.221 e. The fourth-order valence-electron chi connectivity index (χ4n) is 3.56. The van der Waals surface area contributed by atoms with Crippen LogP contribution in [0.4, 0.5) is 10.1 Å². The molecule has 0 unspecified atom stereocenters. The Morgan fingerprint density at radius 1 is 1.00 bits per heavy atom. The van der Waals surface area contributed by atoms with Crippen LogP contribution in [0, 0.1) is 5.82 Å². The number of ether oxygens (including phenoxy) is 1. The maximum atomic E-state index is 13.9. The molecule has 0 radical (unpaired) electrons. The van der Waals surface area contributed by atoms with Crippen molar-refractivity contribution < 1.29 is 9.13 Å². The molecule has 0 atom stereocenters. The molecule has 3 aromatic rings. The number of rotatable bonds is 3. The highest BCUT2D eigenvalue weighted by molar-refractivity contribution is 5.99. The van der Waals surface area contributed by atoms with Gasteiger partial charge >= 0.3 is 0 Å². The van der Waals surface area contributed by atoms with Gasteiger partial charge in [-0.2, -0.15) is 0 Å². The van der Waals surface area contributed by atoms with Crippen molar-refractivity contribution >= 4 is 16.5 Å². The lowest BCUT2D eigenvalue weighted by atomic mass is 9.97. The Hall–Kier alpha value is -2.62. The lowest BCUT2D eigenvalue weighted by molar-refractivity contribution is 0.151. The molecule has 1 heterocycles. The number of halogens is 1. The molecule has 128 valence electrons. The number of aromatic nitrogens is 1. The minimum Gasteiger partial charge on any atom is -0.474 e. The van der Waals surface area contributed by atoms with Crippen molar-refractivity contribution in [2.24, 2.45) is 0 Å². The van der Waals surface area contributed by atoms with Gasteiger partial charge in [-0.25, -0.2) is 9.37 Å². The maximum absolute atomic E-state index is 13.9. The first-order valence-corrected chi connectivity index (χ1v) is 8.81. The van der Waals surface area contributed by atoms with E-state index >= 15 is 0 Å². The van der Waals surface area contributed by atoms with E-state index in [9.17, 15) is 4.39 Å². The van der Waals surface area contributed by atoms with E-state index in [2.05, 4.69) is 4.98 Å². The third-order valence-electron chi connectivity index (χ3n) is 4.84. The number of fused-ring (bicyclic) bond motifs is 1. The SMILES string of the molecule is Nc1cccc(-c2cnc(OC3CCCCC3)c3cc(F)ccc23)c1. The monoisotopic (exact) mass is 336 g/mol. The summed E-state index contributed by atoms with van der Waals surface area (Å²) in [6, 6.07) is 12.4. The highest BCUT2D eigenvalue weighted by Crippen LogP contribution is 2.35. The first kappa shape index (κ1) is 15.9. The van der Waals surface area contributed by atoms with Crippen LogP contribution in [0.3, 0.4) is 0 Å². The lowest BCUT2D eigenvalue weighted by Gasteiger charge is -2.23. The summed E-state index contributed by atoms with van der Waals surface area (Å²) in [5, 5.41) is 1.64. The zero-order valence-corrected chi connectivity index (χ0v) is 14.0. The predicted molar refractivity (Wildman–Crippen MR) is 99.1 cm³/mol. The first-order chi connectivity index (χ1) is 12.2. The summed E-state index contributed by atoms with van der Waals surface area (Å²) in [4.78, 5) is 4.52. The lowest BCUT2D eigenvalue weighted by Crippen LogP contribution is -2.20.